The lowest BCUT2D eigenvalue weighted by molar-refractivity contribution is 0.964. The molecular formula is C10H18S. The Kier molecular flexibility index (Phi) is 6.43. The SMILES string of the molecule is CC(C)=CCCC(C)=CCS. The minimum atomic E-state index is 0.862. The molecule has 0 aliphatic rings. The summed E-state index contributed by atoms with van der Waals surface area (Å²) in [7, 11) is 0. The van der Waals surface area contributed by atoms with Crippen molar-refractivity contribution in [2.45, 2.75) is 33.6 Å². The molecule has 0 aromatic carbocycles. The maximum Gasteiger partial charge on any atom is 0.00850 e. The summed E-state index contributed by atoms with van der Waals surface area (Å²) in [5.41, 5.74) is 2.85. The van der Waals surface area contributed by atoms with Crippen molar-refractivity contribution in [3.63, 3.8) is 0 Å². The normalized spacial score (nSPS) is 11.5. The summed E-state index contributed by atoms with van der Waals surface area (Å²) in [4.78, 5) is 0. The molecule has 0 rings (SSSR count). The summed E-state index contributed by atoms with van der Waals surface area (Å²) >= 11 is 4.13. The third-order valence-electron chi connectivity index (χ3n) is 1.53. The standard InChI is InChI=1S/C10H18S/c1-9(2)5-4-6-10(3)7-8-11/h5,7,11H,4,6,8H2,1-3H3. The van der Waals surface area contributed by atoms with Crippen LogP contribution in [-0.2, 0) is 0 Å². The zero-order chi connectivity index (χ0) is 8.69. The number of allylic oxidation sites excluding steroid dienone is 3. The molecule has 0 spiro atoms. The minimum absolute atomic E-state index is 0.862. The molecule has 0 aliphatic carbocycles. The first-order valence-electron chi connectivity index (χ1n) is 4.06. The summed E-state index contributed by atoms with van der Waals surface area (Å²) < 4.78 is 0. The molecule has 0 aromatic heterocycles. The van der Waals surface area contributed by atoms with E-state index in [0.717, 1.165) is 5.75 Å². The molecular weight excluding hydrogens is 152 g/mol. The molecule has 0 radical (unpaired) electrons. The van der Waals surface area contributed by atoms with E-state index in [9.17, 15) is 0 Å². The van der Waals surface area contributed by atoms with Gasteiger partial charge < -0.3 is 0 Å². The summed E-state index contributed by atoms with van der Waals surface area (Å²) in [5.74, 6) is 0.862. The van der Waals surface area contributed by atoms with Crippen LogP contribution in [0.5, 0.6) is 0 Å². The van der Waals surface area contributed by atoms with Gasteiger partial charge >= 0.3 is 0 Å². The Balaban J connectivity index is 3.54. The van der Waals surface area contributed by atoms with Crippen molar-refractivity contribution in [2.24, 2.45) is 0 Å². The molecule has 0 aliphatic heterocycles. The molecule has 0 unspecified atom stereocenters. The molecule has 0 amide bonds. The Morgan fingerprint density at radius 2 is 1.82 bits per heavy atom. The van der Waals surface area contributed by atoms with Crippen LogP contribution in [0.1, 0.15) is 33.6 Å². The Labute approximate surface area is 75.8 Å². The van der Waals surface area contributed by atoms with Crippen molar-refractivity contribution in [3.8, 4) is 0 Å². The van der Waals surface area contributed by atoms with E-state index in [1.54, 1.807) is 0 Å². The van der Waals surface area contributed by atoms with E-state index in [1.165, 1.54) is 24.0 Å². The Hall–Kier alpha value is -0.170. The van der Waals surface area contributed by atoms with Gasteiger partial charge in [0.05, 0.1) is 0 Å². The molecule has 1 heteroatoms. The lowest BCUT2D eigenvalue weighted by atomic mass is 10.1. The van der Waals surface area contributed by atoms with Crippen molar-refractivity contribution >= 4 is 12.6 Å². The van der Waals surface area contributed by atoms with Crippen molar-refractivity contribution in [1.82, 2.24) is 0 Å². The highest BCUT2D eigenvalue weighted by Gasteiger charge is 1.86. The average molecular weight is 170 g/mol. The summed E-state index contributed by atoms with van der Waals surface area (Å²) in [6.45, 7) is 6.43. The van der Waals surface area contributed by atoms with Crippen LogP contribution >= 0.6 is 12.6 Å². The van der Waals surface area contributed by atoms with Gasteiger partial charge in [-0.2, -0.15) is 12.6 Å². The Bertz CT molecular complexity index is 150. The van der Waals surface area contributed by atoms with Gasteiger partial charge in [0.1, 0.15) is 0 Å². The van der Waals surface area contributed by atoms with Crippen LogP contribution in [0.4, 0.5) is 0 Å². The molecule has 0 bridgehead atoms. The quantitative estimate of drug-likeness (QED) is 0.483. The highest BCUT2D eigenvalue weighted by Crippen LogP contribution is 2.06. The summed E-state index contributed by atoms with van der Waals surface area (Å²) in [6, 6.07) is 0. The fourth-order valence-electron chi connectivity index (χ4n) is 0.846. The first-order valence-corrected chi connectivity index (χ1v) is 4.70. The van der Waals surface area contributed by atoms with Crippen molar-refractivity contribution in [1.29, 1.82) is 0 Å². The van der Waals surface area contributed by atoms with E-state index < -0.39 is 0 Å². The maximum absolute atomic E-state index is 4.13. The topological polar surface area (TPSA) is 0 Å². The van der Waals surface area contributed by atoms with E-state index in [2.05, 4.69) is 45.6 Å². The first kappa shape index (κ1) is 10.8. The molecule has 0 fully saturated rings. The number of thiol groups is 1. The highest BCUT2D eigenvalue weighted by atomic mass is 32.1. The third-order valence-corrected chi connectivity index (χ3v) is 1.71. The second-order valence-electron chi connectivity index (χ2n) is 3.05. The monoisotopic (exact) mass is 170 g/mol. The molecule has 0 N–H and O–H groups in total. The van der Waals surface area contributed by atoms with Gasteiger partial charge in [-0.05, 0) is 33.6 Å². The first-order chi connectivity index (χ1) is 5.16. The van der Waals surface area contributed by atoms with Crippen molar-refractivity contribution < 1.29 is 0 Å². The fourth-order valence-corrected chi connectivity index (χ4v) is 1.16. The molecule has 0 saturated heterocycles. The van der Waals surface area contributed by atoms with Crippen LogP contribution < -0.4 is 0 Å². The van der Waals surface area contributed by atoms with Gasteiger partial charge in [0, 0.05) is 5.75 Å². The van der Waals surface area contributed by atoms with Gasteiger partial charge in [-0.15, -0.1) is 0 Å². The van der Waals surface area contributed by atoms with E-state index in [1.807, 2.05) is 0 Å². The lowest BCUT2D eigenvalue weighted by Gasteiger charge is -1.96. The second-order valence-corrected chi connectivity index (χ2v) is 3.42. The number of rotatable bonds is 4. The van der Waals surface area contributed by atoms with Gasteiger partial charge in [-0.25, -0.2) is 0 Å². The van der Waals surface area contributed by atoms with E-state index in [4.69, 9.17) is 0 Å². The van der Waals surface area contributed by atoms with E-state index in [-0.39, 0.29) is 0 Å². The lowest BCUT2D eigenvalue weighted by Crippen LogP contribution is -1.77. The van der Waals surface area contributed by atoms with Gasteiger partial charge in [-0.1, -0.05) is 23.3 Å². The number of hydrogen-bond donors (Lipinski definition) is 1. The fraction of sp³-hybridized carbons (Fsp3) is 0.600. The van der Waals surface area contributed by atoms with Gasteiger partial charge in [0.15, 0.2) is 0 Å². The van der Waals surface area contributed by atoms with Crippen LogP contribution in [0.15, 0.2) is 23.3 Å². The summed E-state index contributed by atoms with van der Waals surface area (Å²) in [6.07, 6.45) is 6.78. The molecule has 0 saturated carbocycles. The van der Waals surface area contributed by atoms with E-state index >= 15 is 0 Å². The zero-order valence-corrected chi connectivity index (χ0v) is 8.62. The molecule has 0 aromatic rings. The Morgan fingerprint density at radius 1 is 1.18 bits per heavy atom. The maximum atomic E-state index is 4.13. The average Bonchev–Trinajstić information content (AvgIpc) is 1.87. The molecule has 11 heavy (non-hydrogen) atoms. The zero-order valence-electron chi connectivity index (χ0n) is 7.72. The van der Waals surface area contributed by atoms with Gasteiger partial charge in [-0.3, -0.25) is 0 Å². The predicted octanol–water partition coefficient (Wildman–Crippen LogP) is 3.61. The van der Waals surface area contributed by atoms with Crippen LogP contribution in [0, 0.1) is 0 Å². The van der Waals surface area contributed by atoms with Crippen LogP contribution in [-0.4, -0.2) is 5.75 Å². The van der Waals surface area contributed by atoms with Crippen LogP contribution in [0.3, 0.4) is 0 Å². The number of hydrogen-bond acceptors (Lipinski definition) is 1. The van der Waals surface area contributed by atoms with Crippen LogP contribution in [0.2, 0.25) is 0 Å². The highest BCUT2D eigenvalue weighted by molar-refractivity contribution is 7.80. The summed E-state index contributed by atoms with van der Waals surface area (Å²) in [5, 5.41) is 0. The van der Waals surface area contributed by atoms with Crippen LogP contribution in [0.25, 0.3) is 0 Å². The largest absolute Gasteiger partial charge is 0.175 e. The predicted molar refractivity (Wildman–Crippen MR) is 56.3 cm³/mol. The molecule has 0 heterocycles. The van der Waals surface area contributed by atoms with Crippen molar-refractivity contribution in [3.05, 3.63) is 23.3 Å². The van der Waals surface area contributed by atoms with Gasteiger partial charge in [0.25, 0.3) is 0 Å². The second kappa shape index (κ2) is 6.53. The van der Waals surface area contributed by atoms with Gasteiger partial charge in [0.2, 0.25) is 0 Å². The van der Waals surface area contributed by atoms with Crippen molar-refractivity contribution in [2.75, 3.05) is 5.75 Å². The minimum Gasteiger partial charge on any atom is -0.175 e. The third kappa shape index (κ3) is 7.73. The smallest absolute Gasteiger partial charge is 0.00850 e. The molecule has 64 valence electrons. The van der Waals surface area contributed by atoms with E-state index in [0.29, 0.717) is 0 Å². The molecule has 0 atom stereocenters. The Morgan fingerprint density at radius 3 is 2.27 bits per heavy atom. The molecule has 0 nitrogen and oxygen atoms in total.